The van der Waals surface area contributed by atoms with E-state index in [-0.39, 0.29) is 17.6 Å². The van der Waals surface area contributed by atoms with Crippen LogP contribution in [0.2, 0.25) is 0 Å². The summed E-state index contributed by atoms with van der Waals surface area (Å²) in [5.41, 5.74) is 2.77. The number of nitrogens with zero attached hydrogens (tertiary/aromatic N) is 2. The van der Waals surface area contributed by atoms with Crippen LogP contribution >= 0.6 is 0 Å². The van der Waals surface area contributed by atoms with Crippen molar-refractivity contribution in [1.82, 2.24) is 4.98 Å². The summed E-state index contributed by atoms with van der Waals surface area (Å²) in [4.78, 5) is 18.4. The van der Waals surface area contributed by atoms with Gasteiger partial charge in [-0.05, 0) is 42.2 Å². The lowest BCUT2D eigenvalue weighted by molar-refractivity contribution is 0.0989. The fourth-order valence-corrected chi connectivity index (χ4v) is 4.41. The van der Waals surface area contributed by atoms with Crippen molar-refractivity contribution in [3.05, 3.63) is 53.9 Å². The quantitative estimate of drug-likeness (QED) is 0.890. The number of fused-ring (bicyclic) bond motifs is 1. The molecule has 2 aromatic rings. The highest BCUT2D eigenvalue weighted by atomic mass is 32.2. The highest BCUT2D eigenvalue weighted by Crippen LogP contribution is 2.32. The molecule has 2 heterocycles. The summed E-state index contributed by atoms with van der Waals surface area (Å²) in [6.45, 7) is 4.29. The van der Waals surface area contributed by atoms with Gasteiger partial charge < -0.3 is 4.90 Å². The standard InChI is InChI=1S/C18H21N3O3S/c1-13(2)12-25(23,24)20-16-6-5-14-7-9-21(17(14)10-16)18(22)15-4-3-8-19-11-15/h3-6,8,10-11,13,20H,7,9,12H2,1-2H3. The highest BCUT2D eigenvalue weighted by molar-refractivity contribution is 7.92. The molecule has 0 atom stereocenters. The van der Waals surface area contributed by atoms with Crippen molar-refractivity contribution in [1.29, 1.82) is 0 Å². The largest absolute Gasteiger partial charge is 0.308 e. The summed E-state index contributed by atoms with van der Waals surface area (Å²) in [5.74, 6) is -0.0350. The number of nitrogens with one attached hydrogen (secondary N) is 1. The fraction of sp³-hybridized carbons (Fsp3) is 0.333. The van der Waals surface area contributed by atoms with Crippen LogP contribution in [0.15, 0.2) is 42.7 Å². The Hall–Kier alpha value is -2.41. The second-order valence-corrected chi connectivity index (χ2v) is 8.34. The van der Waals surface area contributed by atoms with Gasteiger partial charge in [-0.1, -0.05) is 19.9 Å². The molecule has 132 valence electrons. The van der Waals surface area contributed by atoms with Gasteiger partial charge in [-0.25, -0.2) is 8.42 Å². The zero-order valence-corrected chi connectivity index (χ0v) is 15.1. The van der Waals surface area contributed by atoms with Crippen molar-refractivity contribution in [3.8, 4) is 0 Å². The van der Waals surface area contributed by atoms with E-state index in [0.29, 0.717) is 17.8 Å². The van der Waals surface area contributed by atoms with Gasteiger partial charge in [0, 0.05) is 24.6 Å². The minimum atomic E-state index is -3.40. The molecular weight excluding hydrogens is 338 g/mol. The summed E-state index contributed by atoms with van der Waals surface area (Å²) in [6, 6.07) is 8.80. The molecule has 1 amide bonds. The first-order valence-corrected chi connectivity index (χ1v) is 9.86. The van der Waals surface area contributed by atoms with E-state index in [1.54, 1.807) is 35.4 Å². The third kappa shape index (κ3) is 3.99. The highest BCUT2D eigenvalue weighted by Gasteiger charge is 2.26. The van der Waals surface area contributed by atoms with E-state index < -0.39 is 10.0 Å². The molecule has 0 bridgehead atoms. The molecule has 0 saturated carbocycles. The van der Waals surface area contributed by atoms with Crippen LogP contribution in [0.4, 0.5) is 11.4 Å². The number of hydrogen-bond donors (Lipinski definition) is 1. The lowest BCUT2D eigenvalue weighted by Gasteiger charge is -2.18. The molecule has 0 saturated heterocycles. The molecule has 1 aliphatic heterocycles. The summed E-state index contributed by atoms with van der Waals surface area (Å²) >= 11 is 0. The Morgan fingerprint density at radius 3 is 2.80 bits per heavy atom. The molecule has 3 rings (SSSR count). The third-order valence-electron chi connectivity index (χ3n) is 3.96. The average molecular weight is 359 g/mol. The molecule has 25 heavy (non-hydrogen) atoms. The Labute approximate surface area is 147 Å². The van der Waals surface area contributed by atoms with Gasteiger partial charge in [0.1, 0.15) is 0 Å². The lowest BCUT2D eigenvalue weighted by atomic mass is 10.1. The van der Waals surface area contributed by atoms with Crippen LogP contribution in [0, 0.1) is 5.92 Å². The SMILES string of the molecule is CC(C)CS(=O)(=O)Nc1ccc2c(c1)N(C(=O)c1cccnc1)CC2. The van der Waals surface area contributed by atoms with Crippen LogP contribution in [-0.4, -0.2) is 31.6 Å². The Bertz CT molecular complexity index is 880. The monoisotopic (exact) mass is 359 g/mol. The van der Waals surface area contributed by atoms with Gasteiger partial charge in [-0.3, -0.25) is 14.5 Å². The summed E-state index contributed by atoms with van der Waals surface area (Å²) < 4.78 is 26.9. The van der Waals surface area contributed by atoms with Crippen molar-refractivity contribution < 1.29 is 13.2 Å². The number of aromatic nitrogens is 1. The van der Waals surface area contributed by atoms with Gasteiger partial charge in [-0.2, -0.15) is 0 Å². The van der Waals surface area contributed by atoms with Crippen LogP contribution in [0.25, 0.3) is 0 Å². The van der Waals surface area contributed by atoms with Crippen molar-refractivity contribution in [2.45, 2.75) is 20.3 Å². The van der Waals surface area contributed by atoms with E-state index in [1.165, 1.54) is 6.20 Å². The lowest BCUT2D eigenvalue weighted by Crippen LogP contribution is -2.29. The molecule has 6 nitrogen and oxygen atoms in total. The van der Waals surface area contributed by atoms with Gasteiger partial charge in [0.25, 0.3) is 5.91 Å². The van der Waals surface area contributed by atoms with Crippen molar-refractivity contribution in [2.75, 3.05) is 21.9 Å². The number of pyridine rings is 1. The van der Waals surface area contributed by atoms with Crippen LogP contribution in [0.5, 0.6) is 0 Å². The summed E-state index contributed by atoms with van der Waals surface area (Å²) in [7, 11) is -3.40. The van der Waals surface area contributed by atoms with E-state index in [1.807, 2.05) is 19.9 Å². The Balaban J connectivity index is 1.86. The molecule has 0 aliphatic carbocycles. The van der Waals surface area contributed by atoms with E-state index in [9.17, 15) is 13.2 Å². The third-order valence-corrected chi connectivity index (χ3v) is 5.61. The van der Waals surface area contributed by atoms with E-state index in [4.69, 9.17) is 0 Å². The van der Waals surface area contributed by atoms with Gasteiger partial charge in [0.15, 0.2) is 0 Å². The molecule has 1 aromatic heterocycles. The summed E-state index contributed by atoms with van der Waals surface area (Å²) in [5, 5.41) is 0. The number of amides is 1. The average Bonchev–Trinajstić information content (AvgIpc) is 2.96. The maximum Gasteiger partial charge on any atom is 0.259 e. The Morgan fingerprint density at radius 2 is 2.12 bits per heavy atom. The number of carbonyl (C=O) groups is 1. The second-order valence-electron chi connectivity index (χ2n) is 6.57. The zero-order valence-electron chi connectivity index (χ0n) is 14.3. The van der Waals surface area contributed by atoms with Crippen LogP contribution in [0.3, 0.4) is 0 Å². The number of hydrogen-bond acceptors (Lipinski definition) is 4. The number of rotatable bonds is 5. The van der Waals surface area contributed by atoms with Gasteiger partial charge in [0.2, 0.25) is 10.0 Å². The first-order chi connectivity index (χ1) is 11.9. The van der Waals surface area contributed by atoms with Crippen LogP contribution in [0.1, 0.15) is 29.8 Å². The van der Waals surface area contributed by atoms with Crippen molar-refractivity contribution in [2.24, 2.45) is 5.92 Å². The van der Waals surface area contributed by atoms with E-state index in [2.05, 4.69) is 9.71 Å². The molecule has 1 aliphatic rings. The first kappa shape index (κ1) is 17.4. The molecular formula is C18H21N3O3S. The first-order valence-electron chi connectivity index (χ1n) is 8.21. The predicted molar refractivity (Wildman–Crippen MR) is 98.3 cm³/mol. The minimum Gasteiger partial charge on any atom is -0.308 e. The van der Waals surface area contributed by atoms with Crippen LogP contribution in [-0.2, 0) is 16.4 Å². The van der Waals surface area contributed by atoms with Gasteiger partial charge in [0.05, 0.1) is 17.0 Å². The number of anilines is 2. The predicted octanol–water partition coefficient (Wildman–Crippen LogP) is 2.68. The van der Waals surface area contributed by atoms with Crippen molar-refractivity contribution >= 4 is 27.3 Å². The molecule has 7 heteroatoms. The van der Waals surface area contributed by atoms with Gasteiger partial charge >= 0.3 is 0 Å². The maximum atomic E-state index is 12.7. The number of benzene rings is 1. The molecule has 1 aromatic carbocycles. The van der Waals surface area contributed by atoms with Gasteiger partial charge in [-0.15, -0.1) is 0 Å². The van der Waals surface area contributed by atoms with E-state index >= 15 is 0 Å². The molecule has 0 radical (unpaired) electrons. The number of sulfonamides is 1. The number of carbonyl (C=O) groups excluding carboxylic acids is 1. The summed E-state index contributed by atoms with van der Waals surface area (Å²) in [6.07, 6.45) is 3.91. The topological polar surface area (TPSA) is 79.4 Å². The van der Waals surface area contributed by atoms with Crippen molar-refractivity contribution in [3.63, 3.8) is 0 Å². The molecule has 0 spiro atoms. The Morgan fingerprint density at radius 1 is 1.32 bits per heavy atom. The molecule has 0 unspecified atom stereocenters. The van der Waals surface area contributed by atoms with Crippen LogP contribution < -0.4 is 9.62 Å². The second kappa shape index (κ2) is 6.84. The molecule has 0 fully saturated rings. The molecule has 1 N–H and O–H groups in total. The smallest absolute Gasteiger partial charge is 0.259 e. The minimum absolute atomic E-state index is 0.0376. The Kier molecular flexibility index (Phi) is 4.76. The maximum absolute atomic E-state index is 12.7. The fourth-order valence-electron chi connectivity index (χ4n) is 2.96. The van der Waals surface area contributed by atoms with E-state index in [0.717, 1.165) is 17.7 Å². The zero-order chi connectivity index (χ0) is 18.0. The normalized spacial score (nSPS) is 13.8.